The summed E-state index contributed by atoms with van der Waals surface area (Å²) in [5.41, 5.74) is 3.37. The van der Waals surface area contributed by atoms with Crippen LogP contribution in [0.1, 0.15) is 21.5 Å². The summed E-state index contributed by atoms with van der Waals surface area (Å²) in [5, 5.41) is 0.645. The Kier molecular flexibility index (Phi) is 6.72. The molecule has 1 saturated heterocycles. The molecule has 3 aromatic carbocycles. The molecule has 0 N–H and O–H groups in total. The molecule has 0 aromatic heterocycles. The first-order chi connectivity index (χ1) is 16.6. The van der Waals surface area contributed by atoms with Crippen molar-refractivity contribution < 1.29 is 14.3 Å². The summed E-state index contributed by atoms with van der Waals surface area (Å²) in [4.78, 5) is 31.5. The van der Waals surface area contributed by atoms with Crippen molar-refractivity contribution in [3.8, 4) is 0 Å². The molecular weight excluding hydrogens is 468 g/mol. The number of benzene rings is 3. The van der Waals surface area contributed by atoms with Crippen LogP contribution < -0.4 is 4.90 Å². The number of thioether (sulfide) groups is 1. The standard InChI is InChI=1S/C27H23ClN2O3S/c28-22-5-3-4-20(16-22)18-30-23-6-1-2-7-24(23)34-25(27(30)32)17-19-8-10-21(11-9-19)26(31)29-12-14-33-15-13-29/h1-11,16-17H,12-15,18H2/b25-17+. The van der Waals surface area contributed by atoms with E-state index in [4.69, 9.17) is 16.3 Å². The summed E-state index contributed by atoms with van der Waals surface area (Å²) in [7, 11) is 0. The molecule has 0 bridgehead atoms. The molecule has 2 heterocycles. The van der Waals surface area contributed by atoms with Crippen LogP contribution in [-0.4, -0.2) is 43.0 Å². The van der Waals surface area contributed by atoms with Crippen molar-refractivity contribution in [2.45, 2.75) is 11.4 Å². The number of carbonyl (C=O) groups is 2. The lowest BCUT2D eigenvalue weighted by atomic mass is 10.1. The van der Waals surface area contributed by atoms with E-state index in [9.17, 15) is 9.59 Å². The largest absolute Gasteiger partial charge is 0.378 e. The van der Waals surface area contributed by atoms with Crippen molar-refractivity contribution in [1.29, 1.82) is 0 Å². The molecule has 34 heavy (non-hydrogen) atoms. The van der Waals surface area contributed by atoms with E-state index < -0.39 is 0 Å². The number of hydrogen-bond donors (Lipinski definition) is 0. The zero-order valence-corrected chi connectivity index (χ0v) is 20.0. The van der Waals surface area contributed by atoms with Crippen LogP contribution in [0.3, 0.4) is 0 Å². The summed E-state index contributed by atoms with van der Waals surface area (Å²) >= 11 is 7.63. The van der Waals surface area contributed by atoms with Crippen LogP contribution in [0.5, 0.6) is 0 Å². The first kappa shape index (κ1) is 22.7. The molecule has 0 saturated carbocycles. The fourth-order valence-electron chi connectivity index (χ4n) is 4.06. The minimum Gasteiger partial charge on any atom is -0.378 e. The molecule has 0 radical (unpaired) electrons. The van der Waals surface area contributed by atoms with Gasteiger partial charge in [-0.2, -0.15) is 0 Å². The first-order valence-corrected chi connectivity index (χ1v) is 12.3. The van der Waals surface area contributed by atoms with Crippen molar-refractivity contribution in [2.24, 2.45) is 0 Å². The fraction of sp³-hybridized carbons (Fsp3) is 0.185. The Morgan fingerprint density at radius 1 is 1.00 bits per heavy atom. The SMILES string of the molecule is O=C(c1ccc(/C=C2/Sc3ccccc3N(Cc3cccc(Cl)c3)C2=O)cc1)N1CCOCC1. The van der Waals surface area contributed by atoms with Gasteiger partial charge < -0.3 is 14.5 Å². The Balaban J connectivity index is 1.40. The summed E-state index contributed by atoms with van der Waals surface area (Å²) in [5.74, 6) is -0.0515. The van der Waals surface area contributed by atoms with Gasteiger partial charge in [-0.15, -0.1) is 0 Å². The average Bonchev–Trinajstić information content (AvgIpc) is 2.87. The minimum atomic E-state index is -0.0582. The molecule has 2 aliphatic heterocycles. The van der Waals surface area contributed by atoms with Gasteiger partial charge in [0.2, 0.25) is 0 Å². The number of anilines is 1. The lowest BCUT2D eigenvalue weighted by Crippen LogP contribution is -2.40. The van der Waals surface area contributed by atoms with Gasteiger partial charge in [0.05, 0.1) is 30.4 Å². The second-order valence-electron chi connectivity index (χ2n) is 8.13. The van der Waals surface area contributed by atoms with Crippen LogP contribution in [0.15, 0.2) is 82.6 Å². The third kappa shape index (κ3) is 4.89. The average molecular weight is 491 g/mol. The Labute approximate surface area is 208 Å². The summed E-state index contributed by atoms with van der Waals surface area (Å²) in [6, 6.07) is 22.9. The summed E-state index contributed by atoms with van der Waals surface area (Å²) in [6.07, 6.45) is 1.89. The summed E-state index contributed by atoms with van der Waals surface area (Å²) in [6.45, 7) is 2.79. The van der Waals surface area contributed by atoms with E-state index in [0.29, 0.717) is 48.3 Å². The molecule has 0 atom stereocenters. The normalized spacial score (nSPS) is 17.1. The van der Waals surface area contributed by atoms with Gasteiger partial charge in [-0.25, -0.2) is 0 Å². The van der Waals surface area contributed by atoms with Crippen molar-refractivity contribution in [2.75, 3.05) is 31.2 Å². The molecule has 172 valence electrons. The lowest BCUT2D eigenvalue weighted by Gasteiger charge is -2.30. The Morgan fingerprint density at radius 3 is 2.53 bits per heavy atom. The van der Waals surface area contributed by atoms with Crippen LogP contribution in [-0.2, 0) is 16.1 Å². The van der Waals surface area contributed by atoms with Crippen LogP contribution >= 0.6 is 23.4 Å². The smallest absolute Gasteiger partial charge is 0.265 e. The number of rotatable bonds is 4. The Morgan fingerprint density at radius 2 is 1.76 bits per heavy atom. The van der Waals surface area contributed by atoms with E-state index in [1.807, 2.05) is 83.8 Å². The lowest BCUT2D eigenvalue weighted by molar-refractivity contribution is -0.114. The van der Waals surface area contributed by atoms with Gasteiger partial charge in [0.25, 0.3) is 11.8 Å². The van der Waals surface area contributed by atoms with Crippen molar-refractivity contribution >= 4 is 46.9 Å². The maximum Gasteiger partial charge on any atom is 0.265 e. The first-order valence-electron chi connectivity index (χ1n) is 11.1. The second kappa shape index (κ2) is 10.1. The molecule has 2 aliphatic rings. The van der Waals surface area contributed by atoms with E-state index in [-0.39, 0.29) is 11.8 Å². The van der Waals surface area contributed by atoms with Gasteiger partial charge >= 0.3 is 0 Å². The minimum absolute atomic E-state index is 0.00671. The topological polar surface area (TPSA) is 49.9 Å². The maximum absolute atomic E-state index is 13.5. The highest BCUT2D eigenvalue weighted by atomic mass is 35.5. The number of fused-ring (bicyclic) bond motifs is 1. The number of morpholine rings is 1. The van der Waals surface area contributed by atoms with Crippen molar-refractivity contribution in [3.63, 3.8) is 0 Å². The van der Waals surface area contributed by atoms with Gasteiger partial charge in [-0.3, -0.25) is 9.59 Å². The quantitative estimate of drug-likeness (QED) is 0.453. The van der Waals surface area contributed by atoms with Crippen LogP contribution in [0.4, 0.5) is 5.69 Å². The van der Waals surface area contributed by atoms with E-state index in [2.05, 4.69) is 0 Å². The van der Waals surface area contributed by atoms with Crippen LogP contribution in [0.2, 0.25) is 5.02 Å². The van der Waals surface area contributed by atoms with Gasteiger partial charge in [-0.05, 0) is 53.6 Å². The van der Waals surface area contributed by atoms with E-state index in [0.717, 1.165) is 21.7 Å². The van der Waals surface area contributed by atoms with Gasteiger partial charge in [0, 0.05) is 28.6 Å². The maximum atomic E-state index is 13.5. The second-order valence-corrected chi connectivity index (χ2v) is 9.65. The van der Waals surface area contributed by atoms with Gasteiger partial charge in [0.15, 0.2) is 0 Å². The van der Waals surface area contributed by atoms with Gasteiger partial charge in [-0.1, -0.05) is 59.8 Å². The predicted octanol–water partition coefficient (Wildman–Crippen LogP) is 5.49. The molecule has 0 spiro atoms. The monoisotopic (exact) mass is 490 g/mol. The molecule has 1 fully saturated rings. The number of carbonyl (C=O) groups excluding carboxylic acids is 2. The Hall–Kier alpha value is -3.06. The van der Waals surface area contributed by atoms with E-state index in [1.54, 1.807) is 4.90 Å². The van der Waals surface area contributed by atoms with E-state index >= 15 is 0 Å². The molecule has 5 nitrogen and oxygen atoms in total. The highest BCUT2D eigenvalue weighted by molar-refractivity contribution is 8.04. The van der Waals surface area contributed by atoms with Crippen molar-refractivity contribution in [1.82, 2.24) is 4.90 Å². The number of halogens is 1. The van der Waals surface area contributed by atoms with Crippen LogP contribution in [0, 0.1) is 0 Å². The number of hydrogen-bond acceptors (Lipinski definition) is 4. The number of para-hydroxylation sites is 1. The van der Waals surface area contributed by atoms with Crippen LogP contribution in [0.25, 0.3) is 6.08 Å². The highest BCUT2D eigenvalue weighted by Crippen LogP contribution is 2.42. The molecule has 2 amide bonds. The summed E-state index contributed by atoms with van der Waals surface area (Å²) < 4.78 is 5.33. The Bertz CT molecular complexity index is 1250. The predicted molar refractivity (Wildman–Crippen MR) is 136 cm³/mol. The molecule has 0 unspecified atom stereocenters. The molecular formula is C27H23ClN2O3S. The molecule has 5 rings (SSSR count). The number of ether oxygens (including phenoxy) is 1. The zero-order chi connectivity index (χ0) is 23.5. The third-order valence-electron chi connectivity index (χ3n) is 5.82. The highest BCUT2D eigenvalue weighted by Gasteiger charge is 2.29. The van der Waals surface area contributed by atoms with E-state index in [1.165, 1.54) is 11.8 Å². The zero-order valence-electron chi connectivity index (χ0n) is 18.4. The number of amides is 2. The van der Waals surface area contributed by atoms with Gasteiger partial charge in [0.1, 0.15) is 0 Å². The van der Waals surface area contributed by atoms with Crippen molar-refractivity contribution in [3.05, 3.63) is 99.4 Å². The third-order valence-corrected chi connectivity index (χ3v) is 7.13. The molecule has 7 heteroatoms. The molecule has 3 aromatic rings. The molecule has 0 aliphatic carbocycles. The fourth-order valence-corrected chi connectivity index (χ4v) is 5.33. The number of nitrogens with zero attached hydrogens (tertiary/aromatic N) is 2.